The first-order valence-corrected chi connectivity index (χ1v) is 5.75. The van der Waals surface area contributed by atoms with Crippen LogP contribution in [0, 0.1) is 5.82 Å². The number of ether oxygens (including phenoxy) is 1. The van der Waals surface area contributed by atoms with E-state index in [1.807, 2.05) is 0 Å². The molecule has 0 saturated heterocycles. The summed E-state index contributed by atoms with van der Waals surface area (Å²) in [5.74, 6) is -0.229. The first-order chi connectivity index (χ1) is 8.95. The fourth-order valence-corrected chi connectivity index (χ4v) is 1.91. The topological polar surface area (TPSA) is 53.1 Å². The van der Waals surface area contributed by atoms with E-state index in [1.54, 1.807) is 7.05 Å². The van der Waals surface area contributed by atoms with Gasteiger partial charge in [-0.25, -0.2) is 8.78 Å². The zero-order valence-corrected chi connectivity index (χ0v) is 10.9. The molecule has 0 aliphatic rings. The second-order valence-electron chi connectivity index (χ2n) is 4.27. The number of nitrogen functional groups attached to an aromatic ring is 1. The zero-order chi connectivity index (χ0) is 14.2. The summed E-state index contributed by atoms with van der Waals surface area (Å²) in [6.45, 7) is 1.34. The van der Waals surface area contributed by atoms with Crippen molar-refractivity contribution in [2.75, 3.05) is 12.8 Å². The SMILES string of the molecule is COc1c(F)cc(C(C)F)cc1-c1cnn(C)c1N. The van der Waals surface area contributed by atoms with E-state index in [1.165, 1.54) is 31.0 Å². The van der Waals surface area contributed by atoms with E-state index in [0.29, 0.717) is 16.9 Å². The quantitative estimate of drug-likeness (QED) is 0.930. The summed E-state index contributed by atoms with van der Waals surface area (Å²) in [5, 5.41) is 3.99. The lowest BCUT2D eigenvalue weighted by atomic mass is 10.0. The Labute approximate surface area is 109 Å². The molecule has 19 heavy (non-hydrogen) atoms. The van der Waals surface area contributed by atoms with Crippen molar-refractivity contribution >= 4 is 5.82 Å². The summed E-state index contributed by atoms with van der Waals surface area (Å²) < 4.78 is 33.8. The Morgan fingerprint density at radius 2 is 2.05 bits per heavy atom. The molecule has 2 rings (SSSR count). The number of hydrogen-bond donors (Lipinski definition) is 1. The Bertz CT molecular complexity index is 608. The molecule has 2 aromatic rings. The standard InChI is InChI=1S/C13H15F2N3O/c1-7(14)8-4-9(12(19-3)11(15)5-8)10-6-17-18(2)13(10)16/h4-7H,16H2,1-3H3. The van der Waals surface area contributed by atoms with Crippen molar-refractivity contribution in [1.29, 1.82) is 0 Å². The Hall–Kier alpha value is -2.11. The van der Waals surface area contributed by atoms with E-state index in [0.717, 1.165) is 6.07 Å². The van der Waals surface area contributed by atoms with Gasteiger partial charge in [0.15, 0.2) is 11.6 Å². The van der Waals surface area contributed by atoms with Crippen LogP contribution in [-0.2, 0) is 7.05 Å². The maximum absolute atomic E-state index is 13.9. The summed E-state index contributed by atoms with van der Waals surface area (Å²) in [6, 6.07) is 2.65. The van der Waals surface area contributed by atoms with Gasteiger partial charge in [-0.2, -0.15) is 5.10 Å². The Morgan fingerprint density at radius 3 is 2.53 bits per heavy atom. The number of halogens is 2. The van der Waals surface area contributed by atoms with Crippen LogP contribution in [0.15, 0.2) is 18.3 Å². The first-order valence-electron chi connectivity index (χ1n) is 5.75. The van der Waals surface area contributed by atoms with Crippen LogP contribution < -0.4 is 10.5 Å². The van der Waals surface area contributed by atoms with Gasteiger partial charge in [-0.3, -0.25) is 4.68 Å². The second-order valence-corrected chi connectivity index (χ2v) is 4.27. The van der Waals surface area contributed by atoms with Crippen molar-refractivity contribution in [1.82, 2.24) is 9.78 Å². The summed E-state index contributed by atoms with van der Waals surface area (Å²) in [6.07, 6.45) is 0.219. The number of alkyl halides is 1. The van der Waals surface area contributed by atoms with Gasteiger partial charge in [-0.1, -0.05) is 0 Å². The third-order valence-corrected chi connectivity index (χ3v) is 3.00. The molecule has 1 unspecified atom stereocenters. The van der Waals surface area contributed by atoms with Crippen molar-refractivity contribution in [2.24, 2.45) is 7.05 Å². The zero-order valence-electron chi connectivity index (χ0n) is 10.9. The number of benzene rings is 1. The van der Waals surface area contributed by atoms with Crippen molar-refractivity contribution < 1.29 is 13.5 Å². The van der Waals surface area contributed by atoms with Gasteiger partial charge >= 0.3 is 0 Å². The smallest absolute Gasteiger partial charge is 0.166 e. The van der Waals surface area contributed by atoms with Gasteiger partial charge in [0, 0.05) is 18.2 Å². The predicted molar refractivity (Wildman–Crippen MR) is 69.1 cm³/mol. The Kier molecular flexibility index (Phi) is 3.42. The van der Waals surface area contributed by atoms with Crippen LogP contribution in [-0.4, -0.2) is 16.9 Å². The highest BCUT2D eigenvalue weighted by molar-refractivity contribution is 5.79. The molecule has 0 aliphatic carbocycles. The normalized spacial score (nSPS) is 12.5. The van der Waals surface area contributed by atoms with E-state index in [4.69, 9.17) is 10.5 Å². The van der Waals surface area contributed by atoms with Crippen molar-refractivity contribution in [2.45, 2.75) is 13.1 Å². The van der Waals surface area contributed by atoms with Gasteiger partial charge in [0.2, 0.25) is 0 Å². The molecule has 0 aliphatic heterocycles. The highest BCUT2D eigenvalue weighted by atomic mass is 19.1. The van der Waals surface area contributed by atoms with Gasteiger partial charge < -0.3 is 10.5 Å². The monoisotopic (exact) mass is 267 g/mol. The molecule has 2 N–H and O–H groups in total. The number of aromatic nitrogens is 2. The summed E-state index contributed by atoms with van der Waals surface area (Å²) >= 11 is 0. The van der Waals surface area contributed by atoms with Crippen LogP contribution in [0.3, 0.4) is 0 Å². The number of rotatable bonds is 3. The molecule has 102 valence electrons. The minimum atomic E-state index is -1.28. The minimum absolute atomic E-state index is 0.0316. The number of hydrogen-bond acceptors (Lipinski definition) is 3. The predicted octanol–water partition coefficient (Wildman–Crippen LogP) is 2.85. The lowest BCUT2D eigenvalue weighted by Crippen LogP contribution is -2.00. The molecule has 0 amide bonds. The molecule has 0 radical (unpaired) electrons. The third kappa shape index (κ3) is 2.25. The molecule has 1 aromatic heterocycles. The molecule has 1 aromatic carbocycles. The van der Waals surface area contributed by atoms with Crippen molar-refractivity contribution in [3.05, 3.63) is 29.7 Å². The number of methoxy groups -OCH3 is 1. The highest BCUT2D eigenvalue weighted by Gasteiger charge is 2.19. The van der Waals surface area contributed by atoms with E-state index in [-0.39, 0.29) is 11.3 Å². The van der Waals surface area contributed by atoms with Crippen LogP contribution in [0.2, 0.25) is 0 Å². The number of aryl methyl sites for hydroxylation is 1. The average molecular weight is 267 g/mol. The lowest BCUT2D eigenvalue weighted by molar-refractivity contribution is 0.366. The van der Waals surface area contributed by atoms with Crippen LogP contribution in [0.25, 0.3) is 11.1 Å². The molecular weight excluding hydrogens is 252 g/mol. The average Bonchev–Trinajstić information content (AvgIpc) is 2.69. The Morgan fingerprint density at radius 1 is 1.37 bits per heavy atom. The van der Waals surface area contributed by atoms with Crippen molar-refractivity contribution in [3.63, 3.8) is 0 Å². The van der Waals surface area contributed by atoms with Gasteiger partial charge in [-0.15, -0.1) is 0 Å². The van der Waals surface area contributed by atoms with E-state index in [9.17, 15) is 8.78 Å². The first kappa shape index (κ1) is 13.3. The van der Waals surface area contributed by atoms with E-state index < -0.39 is 12.0 Å². The lowest BCUT2D eigenvalue weighted by Gasteiger charge is -2.12. The molecule has 4 nitrogen and oxygen atoms in total. The largest absolute Gasteiger partial charge is 0.493 e. The second kappa shape index (κ2) is 4.87. The summed E-state index contributed by atoms with van der Waals surface area (Å²) in [5.41, 5.74) is 7.01. The summed E-state index contributed by atoms with van der Waals surface area (Å²) in [7, 11) is 3.02. The number of anilines is 1. The van der Waals surface area contributed by atoms with E-state index in [2.05, 4.69) is 5.10 Å². The van der Waals surface area contributed by atoms with Gasteiger partial charge in [0.05, 0.1) is 13.3 Å². The number of nitrogens with two attached hydrogens (primary N) is 1. The molecule has 1 atom stereocenters. The van der Waals surface area contributed by atoms with E-state index >= 15 is 0 Å². The Balaban J connectivity index is 2.70. The van der Waals surface area contributed by atoms with Crippen LogP contribution in [0.1, 0.15) is 18.7 Å². The number of nitrogens with zero attached hydrogens (tertiary/aromatic N) is 2. The highest BCUT2D eigenvalue weighted by Crippen LogP contribution is 2.38. The molecule has 6 heteroatoms. The molecule has 0 saturated carbocycles. The minimum Gasteiger partial charge on any atom is -0.493 e. The van der Waals surface area contributed by atoms with Gasteiger partial charge in [0.1, 0.15) is 12.0 Å². The molecule has 0 bridgehead atoms. The van der Waals surface area contributed by atoms with Crippen LogP contribution in [0.5, 0.6) is 5.75 Å². The maximum Gasteiger partial charge on any atom is 0.166 e. The molecule has 1 heterocycles. The molecular formula is C13H15F2N3O. The fraction of sp³-hybridized carbons (Fsp3) is 0.308. The van der Waals surface area contributed by atoms with Crippen molar-refractivity contribution in [3.8, 4) is 16.9 Å². The fourth-order valence-electron chi connectivity index (χ4n) is 1.91. The van der Waals surface area contributed by atoms with Gasteiger partial charge in [0.25, 0.3) is 0 Å². The van der Waals surface area contributed by atoms with Gasteiger partial charge in [-0.05, 0) is 24.6 Å². The van der Waals surface area contributed by atoms with Crippen LogP contribution >= 0.6 is 0 Å². The molecule has 0 spiro atoms. The molecule has 0 fully saturated rings. The summed E-state index contributed by atoms with van der Waals surface area (Å²) in [4.78, 5) is 0. The van der Waals surface area contributed by atoms with Crippen LogP contribution in [0.4, 0.5) is 14.6 Å². The third-order valence-electron chi connectivity index (χ3n) is 3.00. The maximum atomic E-state index is 13.9.